The standard InChI is InChI=1S/C13H10F3NOS2/c1-2-17-11(18)10(20-12(17)19)7-8-3-5-9(6-4-8)13(14,15)16/h3-7H,2H2,1H3. The quantitative estimate of drug-likeness (QED) is 0.609. The van der Waals surface area contributed by atoms with Crippen LogP contribution in [0, 0.1) is 0 Å². The molecule has 1 fully saturated rings. The number of likely N-dealkylation sites (N-methyl/N-ethyl adjacent to an activating group) is 1. The number of carbonyl (C=O) groups excluding carboxylic acids is 1. The fraction of sp³-hybridized carbons (Fsp3) is 0.231. The third-order valence-corrected chi connectivity index (χ3v) is 4.10. The van der Waals surface area contributed by atoms with E-state index in [1.807, 2.05) is 6.92 Å². The number of thiocarbonyl (C=S) groups is 1. The molecule has 0 saturated carbocycles. The highest BCUT2D eigenvalue weighted by molar-refractivity contribution is 8.26. The summed E-state index contributed by atoms with van der Waals surface area (Å²) in [6.07, 6.45) is -2.81. The Morgan fingerprint density at radius 3 is 2.35 bits per heavy atom. The highest BCUT2D eigenvalue weighted by Crippen LogP contribution is 2.33. The number of amides is 1. The summed E-state index contributed by atoms with van der Waals surface area (Å²) < 4.78 is 37.8. The molecular formula is C13H10F3NOS2. The molecule has 0 aromatic heterocycles. The van der Waals surface area contributed by atoms with Gasteiger partial charge < -0.3 is 0 Å². The summed E-state index contributed by atoms with van der Waals surface area (Å²) in [6, 6.07) is 4.65. The summed E-state index contributed by atoms with van der Waals surface area (Å²) in [5.74, 6) is -0.206. The van der Waals surface area contributed by atoms with Crippen molar-refractivity contribution < 1.29 is 18.0 Å². The van der Waals surface area contributed by atoms with Crippen LogP contribution in [0.15, 0.2) is 29.2 Å². The molecule has 0 aliphatic carbocycles. The number of alkyl halides is 3. The molecule has 1 aromatic rings. The molecule has 1 aliphatic heterocycles. The average Bonchev–Trinajstić information content (AvgIpc) is 2.63. The number of halogens is 3. The molecule has 2 rings (SSSR count). The summed E-state index contributed by atoms with van der Waals surface area (Å²) in [6.45, 7) is 2.29. The number of carbonyl (C=O) groups is 1. The van der Waals surface area contributed by atoms with Gasteiger partial charge in [-0.15, -0.1) is 0 Å². The maximum Gasteiger partial charge on any atom is 0.416 e. The van der Waals surface area contributed by atoms with Crippen molar-refractivity contribution in [1.82, 2.24) is 4.90 Å². The molecule has 1 amide bonds. The number of benzene rings is 1. The lowest BCUT2D eigenvalue weighted by atomic mass is 10.1. The van der Waals surface area contributed by atoms with E-state index in [2.05, 4.69) is 0 Å². The van der Waals surface area contributed by atoms with Gasteiger partial charge in [-0.1, -0.05) is 36.1 Å². The normalized spacial score (nSPS) is 18.2. The van der Waals surface area contributed by atoms with Crippen LogP contribution in [0.1, 0.15) is 18.1 Å². The lowest BCUT2D eigenvalue weighted by molar-refractivity contribution is -0.137. The summed E-state index contributed by atoms with van der Waals surface area (Å²) in [4.78, 5) is 13.8. The second-order valence-corrected chi connectivity index (χ2v) is 5.72. The molecule has 1 aromatic carbocycles. The first-order chi connectivity index (χ1) is 9.32. The highest BCUT2D eigenvalue weighted by atomic mass is 32.2. The maximum absolute atomic E-state index is 12.4. The Morgan fingerprint density at radius 2 is 1.90 bits per heavy atom. The molecular weight excluding hydrogens is 307 g/mol. The van der Waals surface area contributed by atoms with Gasteiger partial charge in [0, 0.05) is 6.54 Å². The summed E-state index contributed by atoms with van der Waals surface area (Å²) >= 11 is 6.22. The SMILES string of the molecule is CCN1C(=O)C(=Cc2ccc(C(F)(F)F)cc2)SC1=S. The molecule has 0 N–H and O–H groups in total. The van der Waals surface area contributed by atoms with Gasteiger partial charge in [-0.3, -0.25) is 9.69 Å². The summed E-state index contributed by atoms with van der Waals surface area (Å²) in [5, 5.41) is 0. The molecule has 7 heteroatoms. The van der Waals surface area contributed by atoms with Crippen molar-refractivity contribution in [3.8, 4) is 0 Å². The smallest absolute Gasteiger partial charge is 0.293 e. The van der Waals surface area contributed by atoms with Crippen LogP contribution in [0.5, 0.6) is 0 Å². The largest absolute Gasteiger partial charge is 0.416 e. The number of rotatable bonds is 2. The fourth-order valence-corrected chi connectivity index (χ4v) is 3.08. The van der Waals surface area contributed by atoms with Crippen molar-refractivity contribution >= 4 is 40.3 Å². The van der Waals surface area contributed by atoms with Crippen molar-refractivity contribution in [2.24, 2.45) is 0 Å². The monoisotopic (exact) mass is 317 g/mol. The van der Waals surface area contributed by atoms with Crippen LogP contribution in [0.4, 0.5) is 13.2 Å². The number of hydrogen-bond acceptors (Lipinski definition) is 3. The Morgan fingerprint density at radius 1 is 1.30 bits per heavy atom. The second-order valence-electron chi connectivity index (χ2n) is 4.05. The van der Waals surface area contributed by atoms with E-state index in [0.29, 0.717) is 21.3 Å². The van der Waals surface area contributed by atoms with Gasteiger partial charge in [0.2, 0.25) is 0 Å². The number of hydrogen-bond donors (Lipinski definition) is 0. The molecule has 1 aliphatic rings. The number of thioether (sulfide) groups is 1. The Hall–Kier alpha value is -1.34. The van der Waals surface area contributed by atoms with Gasteiger partial charge in [0.25, 0.3) is 5.91 Å². The first kappa shape index (κ1) is 15.1. The minimum atomic E-state index is -4.36. The predicted molar refractivity (Wildman–Crippen MR) is 77.0 cm³/mol. The van der Waals surface area contributed by atoms with Crippen molar-refractivity contribution in [2.45, 2.75) is 13.1 Å². The van der Waals surface area contributed by atoms with Gasteiger partial charge >= 0.3 is 6.18 Å². The first-order valence-electron chi connectivity index (χ1n) is 5.75. The average molecular weight is 317 g/mol. The molecule has 2 nitrogen and oxygen atoms in total. The van der Waals surface area contributed by atoms with E-state index < -0.39 is 11.7 Å². The van der Waals surface area contributed by atoms with Crippen LogP contribution < -0.4 is 0 Å². The van der Waals surface area contributed by atoms with E-state index in [0.717, 1.165) is 23.9 Å². The van der Waals surface area contributed by atoms with Gasteiger partial charge in [0.05, 0.1) is 10.5 Å². The van der Waals surface area contributed by atoms with E-state index in [4.69, 9.17) is 12.2 Å². The molecule has 106 valence electrons. The molecule has 0 atom stereocenters. The molecule has 0 radical (unpaired) electrons. The third-order valence-electron chi connectivity index (χ3n) is 2.73. The van der Waals surface area contributed by atoms with E-state index >= 15 is 0 Å². The maximum atomic E-state index is 12.4. The topological polar surface area (TPSA) is 20.3 Å². The molecule has 20 heavy (non-hydrogen) atoms. The molecule has 0 spiro atoms. The van der Waals surface area contributed by atoms with Crippen molar-refractivity contribution in [3.05, 3.63) is 40.3 Å². The molecule has 1 saturated heterocycles. The van der Waals surface area contributed by atoms with Crippen LogP contribution in [-0.4, -0.2) is 21.7 Å². The van der Waals surface area contributed by atoms with Gasteiger partial charge in [-0.05, 0) is 30.7 Å². The summed E-state index contributed by atoms with van der Waals surface area (Å²) in [5.41, 5.74) is -0.176. The zero-order valence-electron chi connectivity index (χ0n) is 10.4. The van der Waals surface area contributed by atoms with Gasteiger partial charge in [-0.2, -0.15) is 13.2 Å². The Kier molecular flexibility index (Phi) is 4.19. The third kappa shape index (κ3) is 3.04. The fourth-order valence-electron chi connectivity index (χ4n) is 1.69. The Balaban J connectivity index is 2.24. The van der Waals surface area contributed by atoms with Crippen LogP contribution in [-0.2, 0) is 11.0 Å². The summed E-state index contributed by atoms with van der Waals surface area (Å²) in [7, 11) is 0. The molecule has 0 bridgehead atoms. The Labute approximate surface area is 123 Å². The second kappa shape index (κ2) is 5.57. The van der Waals surface area contributed by atoms with Gasteiger partial charge in [0.1, 0.15) is 4.32 Å². The van der Waals surface area contributed by atoms with E-state index in [1.54, 1.807) is 6.08 Å². The zero-order chi connectivity index (χ0) is 14.9. The predicted octanol–water partition coefficient (Wildman–Crippen LogP) is 3.93. The number of nitrogens with zero attached hydrogens (tertiary/aromatic N) is 1. The molecule has 1 heterocycles. The van der Waals surface area contributed by atoms with Crippen LogP contribution in [0.3, 0.4) is 0 Å². The van der Waals surface area contributed by atoms with E-state index in [-0.39, 0.29) is 5.91 Å². The molecule has 0 unspecified atom stereocenters. The van der Waals surface area contributed by atoms with Crippen molar-refractivity contribution in [2.75, 3.05) is 6.54 Å². The van der Waals surface area contributed by atoms with Crippen LogP contribution in [0.25, 0.3) is 6.08 Å². The van der Waals surface area contributed by atoms with E-state index in [9.17, 15) is 18.0 Å². The Bertz CT molecular complexity index is 578. The van der Waals surface area contributed by atoms with E-state index in [1.165, 1.54) is 17.0 Å². The van der Waals surface area contributed by atoms with Gasteiger partial charge in [-0.25, -0.2) is 0 Å². The van der Waals surface area contributed by atoms with Crippen molar-refractivity contribution in [3.63, 3.8) is 0 Å². The minimum Gasteiger partial charge on any atom is -0.293 e. The van der Waals surface area contributed by atoms with Crippen LogP contribution >= 0.6 is 24.0 Å². The van der Waals surface area contributed by atoms with Crippen LogP contribution in [0.2, 0.25) is 0 Å². The first-order valence-corrected chi connectivity index (χ1v) is 6.98. The van der Waals surface area contributed by atoms with Crippen molar-refractivity contribution in [1.29, 1.82) is 0 Å². The minimum absolute atomic E-state index is 0.206. The zero-order valence-corrected chi connectivity index (χ0v) is 12.0. The lowest BCUT2D eigenvalue weighted by Gasteiger charge is -2.09. The highest BCUT2D eigenvalue weighted by Gasteiger charge is 2.31. The van der Waals surface area contributed by atoms with Gasteiger partial charge in [0.15, 0.2) is 0 Å². The lowest BCUT2D eigenvalue weighted by Crippen LogP contribution is -2.27.